The van der Waals surface area contributed by atoms with Gasteiger partial charge in [0.15, 0.2) is 0 Å². The molecule has 0 aromatic rings. The van der Waals surface area contributed by atoms with E-state index in [4.69, 9.17) is 9.47 Å². The highest BCUT2D eigenvalue weighted by atomic mass is 16.5. The first-order valence-corrected chi connectivity index (χ1v) is 5.91. The van der Waals surface area contributed by atoms with Crippen LogP contribution in [0.2, 0.25) is 0 Å². The summed E-state index contributed by atoms with van der Waals surface area (Å²) in [7, 11) is 0. The molecule has 2 aliphatic heterocycles. The predicted octanol–water partition coefficient (Wildman–Crippen LogP) is 2.12. The average Bonchev–Trinajstić information content (AvgIpc) is 2.32. The Morgan fingerprint density at radius 3 is 2.27 bits per heavy atom. The maximum Gasteiger partial charge on any atom is 0.0691 e. The first-order valence-electron chi connectivity index (χ1n) is 5.91. The third-order valence-electron chi connectivity index (χ3n) is 3.71. The molecule has 0 radical (unpaired) electrons. The molecule has 0 aromatic heterocycles. The summed E-state index contributed by atoms with van der Waals surface area (Å²) in [5.74, 6) is 0.691. The van der Waals surface area contributed by atoms with E-state index in [2.05, 4.69) is 6.07 Å². The summed E-state index contributed by atoms with van der Waals surface area (Å²) in [6.45, 7) is 3.28. The molecule has 2 saturated heterocycles. The molecular formula is C12H19NO2. The molecule has 0 spiro atoms. The van der Waals surface area contributed by atoms with E-state index in [1.54, 1.807) is 0 Å². The second-order valence-electron chi connectivity index (χ2n) is 4.76. The van der Waals surface area contributed by atoms with Gasteiger partial charge in [-0.2, -0.15) is 5.26 Å². The maximum atomic E-state index is 9.34. The summed E-state index contributed by atoms with van der Waals surface area (Å²) >= 11 is 0. The molecular weight excluding hydrogens is 190 g/mol. The van der Waals surface area contributed by atoms with Crippen molar-refractivity contribution in [3.05, 3.63) is 0 Å². The molecule has 84 valence electrons. The number of hydrogen-bond donors (Lipinski definition) is 0. The molecule has 0 aromatic carbocycles. The van der Waals surface area contributed by atoms with E-state index in [1.165, 1.54) is 0 Å². The third-order valence-corrected chi connectivity index (χ3v) is 3.71. The van der Waals surface area contributed by atoms with E-state index in [0.29, 0.717) is 5.92 Å². The Morgan fingerprint density at radius 1 is 1.07 bits per heavy atom. The van der Waals surface area contributed by atoms with Crippen LogP contribution in [-0.2, 0) is 9.47 Å². The SMILES string of the molecule is N#CC1(CC2CCOCC2)CCOCC1. The van der Waals surface area contributed by atoms with Gasteiger partial charge in [0.2, 0.25) is 0 Å². The van der Waals surface area contributed by atoms with Crippen LogP contribution in [-0.4, -0.2) is 26.4 Å². The molecule has 0 N–H and O–H groups in total. The number of ether oxygens (including phenoxy) is 2. The number of nitrogens with zero attached hydrogens (tertiary/aromatic N) is 1. The minimum Gasteiger partial charge on any atom is -0.381 e. The van der Waals surface area contributed by atoms with Gasteiger partial charge in [-0.05, 0) is 38.0 Å². The molecule has 0 amide bonds. The summed E-state index contributed by atoms with van der Waals surface area (Å²) in [6, 6.07) is 2.54. The van der Waals surface area contributed by atoms with Gasteiger partial charge in [-0.1, -0.05) is 0 Å². The lowest BCUT2D eigenvalue weighted by atomic mass is 9.73. The first kappa shape index (κ1) is 10.9. The highest BCUT2D eigenvalue weighted by Crippen LogP contribution is 2.38. The van der Waals surface area contributed by atoms with Gasteiger partial charge in [0, 0.05) is 26.4 Å². The maximum absolute atomic E-state index is 9.34. The molecule has 2 fully saturated rings. The van der Waals surface area contributed by atoms with E-state index in [-0.39, 0.29) is 5.41 Å². The zero-order valence-corrected chi connectivity index (χ0v) is 9.21. The van der Waals surface area contributed by atoms with E-state index < -0.39 is 0 Å². The van der Waals surface area contributed by atoms with Gasteiger partial charge in [-0.15, -0.1) is 0 Å². The highest BCUT2D eigenvalue weighted by Gasteiger charge is 2.35. The van der Waals surface area contributed by atoms with Crippen LogP contribution in [0.4, 0.5) is 0 Å². The molecule has 0 saturated carbocycles. The van der Waals surface area contributed by atoms with Gasteiger partial charge in [0.05, 0.1) is 11.5 Å². The van der Waals surface area contributed by atoms with Crippen molar-refractivity contribution in [3.63, 3.8) is 0 Å². The monoisotopic (exact) mass is 209 g/mol. The lowest BCUT2D eigenvalue weighted by molar-refractivity contribution is 0.00994. The van der Waals surface area contributed by atoms with Crippen LogP contribution in [0.5, 0.6) is 0 Å². The van der Waals surface area contributed by atoms with E-state index in [9.17, 15) is 5.26 Å². The van der Waals surface area contributed by atoms with Gasteiger partial charge in [0.1, 0.15) is 0 Å². The molecule has 0 aliphatic carbocycles. The number of nitriles is 1. The Morgan fingerprint density at radius 2 is 1.67 bits per heavy atom. The second kappa shape index (κ2) is 4.96. The van der Waals surface area contributed by atoms with Crippen LogP contribution in [0.15, 0.2) is 0 Å². The van der Waals surface area contributed by atoms with E-state index in [1.807, 2.05) is 0 Å². The molecule has 2 heterocycles. The Bertz CT molecular complexity index is 234. The lowest BCUT2D eigenvalue weighted by Crippen LogP contribution is -2.32. The van der Waals surface area contributed by atoms with Crippen molar-refractivity contribution < 1.29 is 9.47 Å². The summed E-state index contributed by atoms with van der Waals surface area (Å²) in [5.41, 5.74) is -0.0970. The summed E-state index contributed by atoms with van der Waals surface area (Å²) < 4.78 is 10.7. The number of rotatable bonds is 2. The van der Waals surface area contributed by atoms with Crippen molar-refractivity contribution >= 4 is 0 Å². The molecule has 3 heteroatoms. The summed E-state index contributed by atoms with van der Waals surface area (Å²) in [6.07, 6.45) is 5.15. The molecule has 0 unspecified atom stereocenters. The fraction of sp³-hybridized carbons (Fsp3) is 0.917. The van der Waals surface area contributed by atoms with Crippen LogP contribution >= 0.6 is 0 Å². The van der Waals surface area contributed by atoms with Crippen LogP contribution < -0.4 is 0 Å². The Balaban J connectivity index is 1.91. The first-order chi connectivity index (χ1) is 7.35. The highest BCUT2D eigenvalue weighted by molar-refractivity contribution is 5.01. The van der Waals surface area contributed by atoms with Crippen molar-refractivity contribution in [1.29, 1.82) is 5.26 Å². The molecule has 0 bridgehead atoms. The standard InChI is InChI=1S/C12H19NO2/c13-10-12(3-7-15-8-4-12)9-11-1-5-14-6-2-11/h11H,1-9H2. The smallest absolute Gasteiger partial charge is 0.0691 e. The van der Waals surface area contributed by atoms with Crippen molar-refractivity contribution in [2.75, 3.05) is 26.4 Å². The number of hydrogen-bond acceptors (Lipinski definition) is 3. The van der Waals surface area contributed by atoms with Crippen molar-refractivity contribution in [2.45, 2.75) is 32.1 Å². The largest absolute Gasteiger partial charge is 0.381 e. The van der Waals surface area contributed by atoms with Gasteiger partial charge in [0.25, 0.3) is 0 Å². The molecule has 15 heavy (non-hydrogen) atoms. The third kappa shape index (κ3) is 2.70. The van der Waals surface area contributed by atoms with Gasteiger partial charge >= 0.3 is 0 Å². The van der Waals surface area contributed by atoms with Gasteiger partial charge < -0.3 is 9.47 Å². The van der Waals surface area contributed by atoms with Crippen LogP contribution in [0.1, 0.15) is 32.1 Å². The fourth-order valence-electron chi connectivity index (χ4n) is 2.63. The Labute approximate surface area is 91.4 Å². The summed E-state index contributed by atoms with van der Waals surface area (Å²) in [5, 5.41) is 9.34. The van der Waals surface area contributed by atoms with Crippen molar-refractivity contribution in [1.82, 2.24) is 0 Å². The molecule has 0 atom stereocenters. The zero-order chi connectivity index (χ0) is 10.6. The topological polar surface area (TPSA) is 42.2 Å². The normalized spacial score (nSPS) is 27.1. The fourth-order valence-corrected chi connectivity index (χ4v) is 2.63. The average molecular weight is 209 g/mol. The second-order valence-corrected chi connectivity index (χ2v) is 4.76. The Kier molecular flexibility index (Phi) is 3.61. The van der Waals surface area contributed by atoms with Gasteiger partial charge in [-0.3, -0.25) is 0 Å². The molecule has 2 aliphatic rings. The Hall–Kier alpha value is -0.590. The predicted molar refractivity (Wildman–Crippen MR) is 56.3 cm³/mol. The quantitative estimate of drug-likeness (QED) is 0.699. The van der Waals surface area contributed by atoms with Crippen LogP contribution in [0.3, 0.4) is 0 Å². The van der Waals surface area contributed by atoms with Crippen molar-refractivity contribution in [2.24, 2.45) is 11.3 Å². The minimum atomic E-state index is -0.0970. The zero-order valence-electron chi connectivity index (χ0n) is 9.21. The van der Waals surface area contributed by atoms with Crippen molar-refractivity contribution in [3.8, 4) is 6.07 Å². The van der Waals surface area contributed by atoms with E-state index >= 15 is 0 Å². The summed E-state index contributed by atoms with van der Waals surface area (Å²) in [4.78, 5) is 0. The van der Waals surface area contributed by atoms with Crippen LogP contribution in [0, 0.1) is 22.7 Å². The molecule has 2 rings (SSSR count). The van der Waals surface area contributed by atoms with Crippen LogP contribution in [0.25, 0.3) is 0 Å². The lowest BCUT2D eigenvalue weighted by Gasteiger charge is -2.35. The van der Waals surface area contributed by atoms with E-state index in [0.717, 1.165) is 58.5 Å². The van der Waals surface area contributed by atoms with Gasteiger partial charge in [-0.25, -0.2) is 0 Å². The molecule has 3 nitrogen and oxygen atoms in total. The minimum absolute atomic E-state index is 0.0970.